The Morgan fingerprint density at radius 1 is 0.317 bits per heavy atom. The normalized spacial score (nSPS) is 13.4. The van der Waals surface area contributed by atoms with Crippen LogP contribution in [0, 0.1) is 0 Å². The molecule has 11 rings (SSSR count). The maximum absolute atomic E-state index is 2.52. The maximum Gasteiger partial charge on any atom is 0.0775 e. The van der Waals surface area contributed by atoms with Crippen molar-refractivity contribution in [1.29, 1.82) is 0 Å². The summed E-state index contributed by atoms with van der Waals surface area (Å²) in [6.07, 6.45) is 0. The van der Waals surface area contributed by atoms with Crippen LogP contribution in [0.2, 0.25) is 39.3 Å². The predicted molar refractivity (Wildman–Crippen MR) is 276 cm³/mol. The highest BCUT2D eigenvalue weighted by molar-refractivity contribution is 6.89. The third kappa shape index (κ3) is 6.18. The Morgan fingerprint density at radius 3 is 1.27 bits per heavy atom. The van der Waals surface area contributed by atoms with Gasteiger partial charge in [0.05, 0.1) is 27.3 Å². The summed E-state index contributed by atoms with van der Waals surface area (Å²) in [5.74, 6) is 0. The van der Waals surface area contributed by atoms with Crippen LogP contribution in [-0.2, 0) is 5.41 Å². The van der Waals surface area contributed by atoms with E-state index in [2.05, 4.69) is 255 Å². The van der Waals surface area contributed by atoms with Crippen molar-refractivity contribution in [3.8, 4) is 22.3 Å². The summed E-state index contributed by atoms with van der Waals surface area (Å²) in [6.45, 7) is 14.5. The van der Waals surface area contributed by atoms with Gasteiger partial charge in [0.2, 0.25) is 0 Å². The van der Waals surface area contributed by atoms with E-state index in [1.165, 1.54) is 71.3 Å². The molecule has 0 radical (unpaired) electrons. The van der Waals surface area contributed by atoms with Gasteiger partial charge in [-0.15, -0.1) is 0 Å². The fourth-order valence-corrected chi connectivity index (χ4v) is 12.9. The second-order valence-corrected chi connectivity index (χ2v) is 29.5. The molecule has 0 saturated carbocycles. The molecule has 0 N–H and O–H groups in total. The molecule has 0 unspecified atom stereocenters. The Balaban J connectivity index is 1.23. The van der Waals surface area contributed by atoms with Crippen molar-refractivity contribution in [3.63, 3.8) is 0 Å². The highest BCUT2D eigenvalue weighted by Gasteiger charge is 2.53. The lowest BCUT2D eigenvalue weighted by molar-refractivity contribution is 0.801. The highest BCUT2D eigenvalue weighted by Crippen LogP contribution is 2.65. The molecule has 1 spiro atoms. The Bertz CT molecular complexity index is 3130. The zero-order valence-electron chi connectivity index (χ0n) is 37.0. The van der Waals surface area contributed by atoms with E-state index in [0.717, 1.165) is 28.4 Å². The Hall–Kier alpha value is -6.73. The lowest BCUT2D eigenvalue weighted by Gasteiger charge is -2.33. The molecule has 2 nitrogen and oxygen atoms in total. The first-order valence-electron chi connectivity index (χ1n) is 22.4. The zero-order chi connectivity index (χ0) is 43.1. The molecule has 0 amide bonds. The standard InChI is InChI=1S/C59H52N2Si2/c1-62(2,3)46-34-29-43(30-35-46)60(41-19-9-7-10-20-41)45-33-38-56-52(39-45)53-40-57(61(42-21-11-8-12-22-42)44-31-36-47(37-32-44)63(4,5)6)50-25-13-14-26-51(50)58(53)59(56)54-27-17-15-23-48(54)49-24-16-18-28-55(49)59/h7-40H,1-6H3. The number of anilines is 6. The Labute approximate surface area is 374 Å². The van der Waals surface area contributed by atoms with Crippen molar-refractivity contribution in [3.05, 3.63) is 229 Å². The predicted octanol–water partition coefficient (Wildman–Crippen LogP) is 15.2. The molecule has 9 aromatic rings. The number of para-hydroxylation sites is 2. The van der Waals surface area contributed by atoms with E-state index in [1.54, 1.807) is 0 Å². The largest absolute Gasteiger partial charge is 0.310 e. The van der Waals surface area contributed by atoms with E-state index in [9.17, 15) is 0 Å². The molecular weight excluding hydrogens is 793 g/mol. The second-order valence-electron chi connectivity index (χ2n) is 19.4. The van der Waals surface area contributed by atoms with Gasteiger partial charge < -0.3 is 9.80 Å². The first-order chi connectivity index (χ1) is 30.5. The van der Waals surface area contributed by atoms with E-state index in [-0.39, 0.29) is 0 Å². The quantitative estimate of drug-likeness (QED) is 0.141. The smallest absolute Gasteiger partial charge is 0.0775 e. The molecule has 9 aromatic carbocycles. The topological polar surface area (TPSA) is 6.48 Å². The van der Waals surface area contributed by atoms with Gasteiger partial charge in [0.15, 0.2) is 0 Å². The molecule has 0 saturated heterocycles. The second kappa shape index (κ2) is 14.7. The molecular formula is C59H52N2Si2. The van der Waals surface area contributed by atoms with Crippen LogP contribution < -0.4 is 20.2 Å². The van der Waals surface area contributed by atoms with Gasteiger partial charge >= 0.3 is 0 Å². The van der Waals surface area contributed by atoms with Crippen molar-refractivity contribution in [1.82, 2.24) is 0 Å². The van der Waals surface area contributed by atoms with Crippen LogP contribution in [0.15, 0.2) is 206 Å². The summed E-state index contributed by atoms with van der Waals surface area (Å²) < 4.78 is 0. The lowest BCUT2D eigenvalue weighted by atomic mass is 9.69. The van der Waals surface area contributed by atoms with Crippen LogP contribution in [0.5, 0.6) is 0 Å². The SMILES string of the molecule is C[Si](C)(C)c1ccc(N(c2ccccc2)c2ccc3c(c2)-c2cc(N(c4ccccc4)c4ccc([Si](C)(C)C)cc4)c4ccccc4c2C32c3ccccc3-c3ccccc32)cc1. The molecule has 2 aliphatic rings. The minimum Gasteiger partial charge on any atom is -0.310 e. The van der Waals surface area contributed by atoms with E-state index in [1.807, 2.05) is 0 Å². The van der Waals surface area contributed by atoms with Crippen LogP contribution >= 0.6 is 0 Å². The van der Waals surface area contributed by atoms with E-state index in [0.29, 0.717) is 0 Å². The highest BCUT2D eigenvalue weighted by atomic mass is 28.3. The summed E-state index contributed by atoms with van der Waals surface area (Å²) >= 11 is 0. The molecule has 0 aliphatic heterocycles. The van der Waals surface area contributed by atoms with Crippen molar-refractivity contribution >= 4 is 71.4 Å². The lowest BCUT2D eigenvalue weighted by Crippen LogP contribution is -2.37. The van der Waals surface area contributed by atoms with Crippen molar-refractivity contribution in [2.75, 3.05) is 9.80 Å². The molecule has 2 aliphatic carbocycles. The number of rotatable bonds is 8. The number of hydrogen-bond donors (Lipinski definition) is 0. The minimum absolute atomic E-state index is 0.512. The van der Waals surface area contributed by atoms with Crippen LogP contribution in [-0.4, -0.2) is 16.1 Å². The molecule has 0 aromatic heterocycles. The third-order valence-corrected chi connectivity index (χ3v) is 17.7. The average molecular weight is 845 g/mol. The van der Waals surface area contributed by atoms with Crippen LogP contribution in [0.3, 0.4) is 0 Å². The van der Waals surface area contributed by atoms with E-state index in [4.69, 9.17) is 0 Å². The minimum atomic E-state index is -1.52. The first kappa shape index (κ1) is 39.1. The Kier molecular flexibility index (Phi) is 9.13. The van der Waals surface area contributed by atoms with E-state index >= 15 is 0 Å². The van der Waals surface area contributed by atoms with Crippen molar-refractivity contribution < 1.29 is 0 Å². The maximum atomic E-state index is 2.52. The Morgan fingerprint density at radius 2 is 0.730 bits per heavy atom. The third-order valence-electron chi connectivity index (χ3n) is 13.6. The first-order valence-corrected chi connectivity index (χ1v) is 29.4. The van der Waals surface area contributed by atoms with Gasteiger partial charge in [-0.2, -0.15) is 0 Å². The van der Waals surface area contributed by atoms with Crippen molar-refractivity contribution in [2.45, 2.75) is 44.7 Å². The molecule has 306 valence electrons. The summed E-state index contributed by atoms with van der Waals surface area (Å²) in [5.41, 5.74) is 16.9. The summed E-state index contributed by atoms with van der Waals surface area (Å²) in [4.78, 5) is 4.92. The fourth-order valence-electron chi connectivity index (χ4n) is 10.6. The molecule has 0 fully saturated rings. The van der Waals surface area contributed by atoms with Crippen molar-refractivity contribution in [2.24, 2.45) is 0 Å². The monoisotopic (exact) mass is 844 g/mol. The number of hydrogen-bond acceptors (Lipinski definition) is 2. The average Bonchev–Trinajstić information content (AvgIpc) is 3.76. The summed E-state index contributed by atoms with van der Waals surface area (Å²) in [6, 6.07) is 77.8. The van der Waals surface area contributed by atoms with Crippen LogP contribution in [0.4, 0.5) is 34.1 Å². The zero-order valence-corrected chi connectivity index (χ0v) is 39.0. The van der Waals surface area contributed by atoms with Crippen LogP contribution in [0.1, 0.15) is 22.3 Å². The molecule has 0 heterocycles. The van der Waals surface area contributed by atoms with Gasteiger partial charge in [-0.3, -0.25) is 0 Å². The van der Waals surface area contributed by atoms with Gasteiger partial charge in [-0.25, -0.2) is 0 Å². The van der Waals surface area contributed by atoms with Gasteiger partial charge in [0, 0.05) is 33.8 Å². The fraction of sp³-hybridized carbons (Fsp3) is 0.119. The molecule has 0 atom stereocenters. The molecule has 4 heteroatoms. The molecule has 63 heavy (non-hydrogen) atoms. The number of benzene rings is 9. The van der Waals surface area contributed by atoms with Crippen LogP contribution in [0.25, 0.3) is 33.0 Å². The summed E-state index contributed by atoms with van der Waals surface area (Å²) in [5, 5.41) is 5.42. The van der Waals surface area contributed by atoms with Gasteiger partial charge in [-0.1, -0.05) is 189 Å². The van der Waals surface area contributed by atoms with Gasteiger partial charge in [0.25, 0.3) is 0 Å². The summed E-state index contributed by atoms with van der Waals surface area (Å²) in [7, 11) is -3.02. The van der Waals surface area contributed by atoms with Gasteiger partial charge in [-0.05, 0) is 117 Å². The molecule has 0 bridgehead atoms. The van der Waals surface area contributed by atoms with Gasteiger partial charge in [0.1, 0.15) is 0 Å². The van der Waals surface area contributed by atoms with E-state index < -0.39 is 21.6 Å². The number of nitrogens with zero attached hydrogens (tertiary/aromatic N) is 2. The number of fused-ring (bicyclic) bond motifs is 12.